The molecule has 3 rings (SSSR count). The number of hydrogen-bond donors (Lipinski definition) is 1. The number of carbonyl (C=O) groups is 2. The number of sulfonamides is 1. The average Bonchev–Trinajstić information content (AvgIpc) is 2.75. The first-order valence-electron chi connectivity index (χ1n) is 10.2. The maximum atomic E-state index is 12.7. The molecule has 1 unspecified atom stereocenters. The van der Waals surface area contributed by atoms with Crippen LogP contribution in [0.5, 0.6) is 0 Å². The molecule has 0 saturated carbocycles. The number of amides is 1. The molecule has 2 heterocycles. The van der Waals surface area contributed by atoms with E-state index in [1.807, 2.05) is 0 Å². The molecule has 0 aromatic heterocycles. The van der Waals surface area contributed by atoms with Crippen LogP contribution >= 0.6 is 0 Å². The number of hydrogen-bond acceptors (Lipinski definition) is 5. The zero-order valence-corrected chi connectivity index (χ0v) is 17.7. The van der Waals surface area contributed by atoms with E-state index in [0.717, 1.165) is 24.3 Å². The Morgan fingerprint density at radius 3 is 2.48 bits per heavy atom. The van der Waals surface area contributed by atoms with Gasteiger partial charge in [0.25, 0.3) is 5.91 Å². The van der Waals surface area contributed by atoms with Gasteiger partial charge in [-0.25, -0.2) is 8.42 Å². The number of benzene rings is 1. The smallest absolute Gasteiger partial charge is 0.314 e. The van der Waals surface area contributed by atoms with Crippen molar-refractivity contribution in [3.63, 3.8) is 0 Å². The van der Waals surface area contributed by atoms with Crippen molar-refractivity contribution in [3.8, 4) is 0 Å². The standard InChI is InChI=1S/C20H29N3O5S/c1-2-28-20(25)17-7-6-10-21(15-17)16-19(24)22-11-13-23(14-12-22)29(26,27)18-8-4-3-5-9-18/h3-5,8-9,17H,2,6-7,10-16H2,1H3/p+1/t17-/m1/s1. The largest absolute Gasteiger partial charge is 0.466 e. The van der Waals surface area contributed by atoms with Gasteiger partial charge in [-0.1, -0.05) is 18.2 Å². The Morgan fingerprint density at radius 1 is 1.14 bits per heavy atom. The third-order valence-corrected chi connectivity index (χ3v) is 7.52. The van der Waals surface area contributed by atoms with Gasteiger partial charge in [0.15, 0.2) is 6.54 Å². The summed E-state index contributed by atoms with van der Waals surface area (Å²) in [5.41, 5.74) is 0. The van der Waals surface area contributed by atoms with Crippen LogP contribution in [0.3, 0.4) is 0 Å². The molecule has 29 heavy (non-hydrogen) atoms. The Morgan fingerprint density at radius 2 is 1.83 bits per heavy atom. The molecule has 1 N–H and O–H groups in total. The van der Waals surface area contributed by atoms with Crippen molar-refractivity contribution in [2.24, 2.45) is 5.92 Å². The highest BCUT2D eigenvalue weighted by Gasteiger charge is 2.34. The van der Waals surface area contributed by atoms with Gasteiger partial charge in [0.2, 0.25) is 10.0 Å². The number of nitrogens with zero attached hydrogens (tertiary/aromatic N) is 2. The number of piperidine rings is 1. The van der Waals surface area contributed by atoms with Crippen LogP contribution in [0.25, 0.3) is 0 Å². The maximum absolute atomic E-state index is 12.7. The van der Waals surface area contributed by atoms with E-state index in [0.29, 0.717) is 45.9 Å². The Kier molecular flexibility index (Phi) is 7.26. The van der Waals surface area contributed by atoms with Crippen molar-refractivity contribution in [3.05, 3.63) is 30.3 Å². The van der Waals surface area contributed by atoms with Gasteiger partial charge >= 0.3 is 5.97 Å². The van der Waals surface area contributed by atoms with Gasteiger partial charge in [0.05, 0.1) is 24.6 Å². The van der Waals surface area contributed by atoms with E-state index < -0.39 is 10.0 Å². The molecule has 0 aliphatic carbocycles. The van der Waals surface area contributed by atoms with Crippen LogP contribution in [0.4, 0.5) is 0 Å². The summed E-state index contributed by atoms with van der Waals surface area (Å²) in [6.45, 7) is 5.36. The molecule has 2 fully saturated rings. The molecule has 0 radical (unpaired) electrons. The van der Waals surface area contributed by atoms with Crippen molar-refractivity contribution in [2.45, 2.75) is 24.7 Å². The maximum Gasteiger partial charge on any atom is 0.314 e. The predicted octanol–water partition coefficient (Wildman–Crippen LogP) is -0.622. The van der Waals surface area contributed by atoms with Gasteiger partial charge in [-0.2, -0.15) is 4.31 Å². The van der Waals surface area contributed by atoms with Gasteiger partial charge in [-0.15, -0.1) is 0 Å². The summed E-state index contributed by atoms with van der Waals surface area (Å²) >= 11 is 0. The zero-order chi connectivity index (χ0) is 20.9. The van der Waals surface area contributed by atoms with E-state index in [4.69, 9.17) is 4.74 Å². The summed E-state index contributed by atoms with van der Waals surface area (Å²) < 4.78 is 32.0. The molecule has 0 spiro atoms. The SMILES string of the molecule is CCOC(=O)[C@@H]1CCC[NH+](CC(=O)N2CCN(S(=O)(=O)c3ccccc3)CC2)C1. The quantitative estimate of drug-likeness (QED) is 0.615. The normalized spacial score (nSPS) is 23.6. The minimum absolute atomic E-state index is 0.0151. The van der Waals surface area contributed by atoms with Crippen molar-refractivity contribution < 1.29 is 27.6 Å². The molecule has 2 aliphatic rings. The topological polar surface area (TPSA) is 88.4 Å². The van der Waals surface area contributed by atoms with Gasteiger partial charge in [0, 0.05) is 26.2 Å². The van der Waals surface area contributed by atoms with Crippen LogP contribution in [0.15, 0.2) is 35.2 Å². The van der Waals surface area contributed by atoms with Gasteiger partial charge in [-0.05, 0) is 31.9 Å². The fourth-order valence-electron chi connectivity index (χ4n) is 4.02. The lowest BCUT2D eigenvalue weighted by molar-refractivity contribution is -0.899. The summed E-state index contributed by atoms with van der Waals surface area (Å²) in [5, 5.41) is 0. The van der Waals surface area contributed by atoms with Crippen molar-refractivity contribution >= 4 is 21.9 Å². The first-order chi connectivity index (χ1) is 13.9. The molecule has 1 aromatic carbocycles. The van der Waals surface area contributed by atoms with E-state index in [9.17, 15) is 18.0 Å². The van der Waals surface area contributed by atoms with E-state index in [2.05, 4.69) is 0 Å². The second-order valence-corrected chi connectivity index (χ2v) is 9.51. The number of nitrogens with one attached hydrogen (secondary N) is 1. The number of quaternary nitrogens is 1. The highest BCUT2D eigenvalue weighted by Crippen LogP contribution is 2.17. The van der Waals surface area contributed by atoms with Crippen LogP contribution in [0.1, 0.15) is 19.8 Å². The number of carbonyl (C=O) groups excluding carboxylic acids is 2. The molecular formula is C20H30N3O5S+. The first kappa shape index (κ1) is 21.7. The monoisotopic (exact) mass is 424 g/mol. The molecule has 2 aliphatic heterocycles. The summed E-state index contributed by atoms with van der Waals surface area (Å²) in [6.07, 6.45) is 1.71. The fourth-order valence-corrected chi connectivity index (χ4v) is 5.46. The Bertz CT molecular complexity index is 807. The Balaban J connectivity index is 1.51. The summed E-state index contributed by atoms with van der Waals surface area (Å²) in [6, 6.07) is 8.37. The minimum atomic E-state index is -3.52. The van der Waals surface area contributed by atoms with Crippen LogP contribution in [0, 0.1) is 5.92 Å². The predicted molar refractivity (Wildman–Crippen MR) is 107 cm³/mol. The highest BCUT2D eigenvalue weighted by molar-refractivity contribution is 7.89. The average molecular weight is 425 g/mol. The van der Waals surface area contributed by atoms with Crippen molar-refractivity contribution in [2.75, 3.05) is 52.4 Å². The number of esters is 1. The molecule has 2 atom stereocenters. The lowest BCUT2D eigenvalue weighted by atomic mass is 9.98. The molecule has 9 heteroatoms. The van der Waals surface area contributed by atoms with Crippen molar-refractivity contribution in [1.82, 2.24) is 9.21 Å². The number of piperazine rings is 1. The van der Waals surface area contributed by atoms with E-state index in [1.54, 1.807) is 42.2 Å². The van der Waals surface area contributed by atoms with Crippen LogP contribution in [-0.4, -0.2) is 81.9 Å². The summed E-state index contributed by atoms with van der Waals surface area (Å²) in [4.78, 5) is 27.8. The van der Waals surface area contributed by atoms with E-state index in [1.165, 1.54) is 4.31 Å². The molecule has 1 aromatic rings. The molecule has 0 bridgehead atoms. The molecular weight excluding hydrogens is 394 g/mol. The van der Waals surface area contributed by atoms with Crippen molar-refractivity contribution in [1.29, 1.82) is 0 Å². The third-order valence-electron chi connectivity index (χ3n) is 5.61. The second kappa shape index (κ2) is 9.69. The lowest BCUT2D eigenvalue weighted by Crippen LogP contribution is -3.14. The molecule has 2 saturated heterocycles. The van der Waals surface area contributed by atoms with Crippen LogP contribution < -0.4 is 4.90 Å². The number of rotatable bonds is 6. The third kappa shape index (κ3) is 5.34. The number of likely N-dealkylation sites (tertiary alicyclic amines) is 1. The highest BCUT2D eigenvalue weighted by atomic mass is 32.2. The first-order valence-corrected chi connectivity index (χ1v) is 11.7. The Labute approximate surface area is 172 Å². The fraction of sp³-hybridized carbons (Fsp3) is 0.600. The van der Waals surface area contributed by atoms with Gasteiger partial charge in [0.1, 0.15) is 5.92 Å². The van der Waals surface area contributed by atoms with Gasteiger partial charge < -0.3 is 14.5 Å². The lowest BCUT2D eigenvalue weighted by Gasteiger charge is -2.35. The molecule has 160 valence electrons. The van der Waals surface area contributed by atoms with Crippen LogP contribution in [-0.2, 0) is 24.3 Å². The minimum Gasteiger partial charge on any atom is -0.466 e. The zero-order valence-electron chi connectivity index (χ0n) is 16.9. The number of ether oxygens (including phenoxy) is 1. The second-order valence-electron chi connectivity index (χ2n) is 7.57. The van der Waals surface area contributed by atoms with E-state index >= 15 is 0 Å². The van der Waals surface area contributed by atoms with Crippen LogP contribution in [0.2, 0.25) is 0 Å². The Hall–Kier alpha value is -1.97. The summed E-state index contributed by atoms with van der Waals surface area (Å²) in [7, 11) is -3.52. The molecule has 1 amide bonds. The van der Waals surface area contributed by atoms with E-state index in [-0.39, 0.29) is 22.7 Å². The van der Waals surface area contributed by atoms with Gasteiger partial charge in [-0.3, -0.25) is 9.59 Å². The molecule has 8 nitrogen and oxygen atoms in total. The summed E-state index contributed by atoms with van der Waals surface area (Å²) in [5.74, 6) is -0.294.